The first-order chi connectivity index (χ1) is 16.2. The summed E-state index contributed by atoms with van der Waals surface area (Å²) in [5.74, 6) is 0.823. The number of nitrogens with zero attached hydrogens (tertiary/aromatic N) is 4. The van der Waals surface area contributed by atoms with Gasteiger partial charge in [0.15, 0.2) is 11.3 Å². The number of hydrogen-bond acceptors (Lipinski definition) is 5. The first-order valence-electron chi connectivity index (χ1n) is 12.1. The number of benzene rings is 1. The van der Waals surface area contributed by atoms with E-state index in [4.69, 9.17) is 21.7 Å². The fourth-order valence-corrected chi connectivity index (χ4v) is 5.00. The Morgan fingerprint density at radius 2 is 1.82 bits per heavy atom. The van der Waals surface area contributed by atoms with Crippen LogP contribution < -0.4 is 15.5 Å². The van der Waals surface area contributed by atoms with Gasteiger partial charge in [0.1, 0.15) is 5.82 Å². The van der Waals surface area contributed by atoms with Crippen LogP contribution in [-0.4, -0.2) is 52.9 Å². The molecule has 2 fully saturated rings. The molecule has 5 rings (SSSR count). The number of amides is 1. The van der Waals surface area contributed by atoms with Gasteiger partial charge in [-0.25, -0.2) is 9.67 Å². The van der Waals surface area contributed by atoms with E-state index in [-0.39, 0.29) is 11.9 Å². The van der Waals surface area contributed by atoms with Gasteiger partial charge in [-0.2, -0.15) is 5.10 Å². The number of rotatable bonds is 5. The Balaban J connectivity index is 1.51. The second-order valence-electron chi connectivity index (χ2n) is 9.04. The molecule has 174 valence electrons. The molecule has 0 atom stereocenters. The lowest BCUT2D eigenvalue weighted by atomic mass is 10.1. The minimum absolute atomic E-state index is 0.130. The van der Waals surface area contributed by atoms with E-state index in [0.29, 0.717) is 17.3 Å². The highest BCUT2D eigenvalue weighted by molar-refractivity contribution is 6.31. The van der Waals surface area contributed by atoms with Gasteiger partial charge in [-0.05, 0) is 62.5 Å². The second kappa shape index (κ2) is 10.1. The van der Waals surface area contributed by atoms with Crippen LogP contribution in [0.1, 0.15) is 54.6 Å². The smallest absolute Gasteiger partial charge is 0.272 e. The molecule has 0 bridgehead atoms. The molecule has 0 unspecified atom stereocenters. The van der Waals surface area contributed by atoms with Crippen molar-refractivity contribution in [2.24, 2.45) is 0 Å². The molecule has 0 radical (unpaired) electrons. The van der Waals surface area contributed by atoms with Gasteiger partial charge < -0.3 is 15.5 Å². The van der Waals surface area contributed by atoms with Gasteiger partial charge in [-0.15, -0.1) is 0 Å². The second-order valence-corrected chi connectivity index (χ2v) is 9.44. The standard InChI is InChI=1S/C25H31ClN6O/c26-21-8-4-3-7-18(21)17-32-24-20(9-10-22(29-24)31-15-5-1-2-6-16-31)23(30-32)25(33)28-19-11-13-27-14-12-19/h3-4,7-10,19,27H,1-2,5-6,11-17H2,(H,28,33). The summed E-state index contributed by atoms with van der Waals surface area (Å²) < 4.78 is 1.83. The topological polar surface area (TPSA) is 75.1 Å². The minimum Gasteiger partial charge on any atom is -0.357 e. The summed E-state index contributed by atoms with van der Waals surface area (Å²) in [6, 6.07) is 12.0. The minimum atomic E-state index is -0.130. The van der Waals surface area contributed by atoms with E-state index < -0.39 is 0 Å². The van der Waals surface area contributed by atoms with Crippen LogP contribution in [0.15, 0.2) is 36.4 Å². The molecule has 0 aliphatic carbocycles. The number of halogens is 1. The van der Waals surface area contributed by atoms with Gasteiger partial charge in [-0.3, -0.25) is 4.79 Å². The molecule has 7 nitrogen and oxygen atoms in total. The SMILES string of the molecule is O=C(NC1CCNCC1)c1nn(Cc2ccccc2Cl)c2nc(N3CCCCCC3)ccc12. The van der Waals surface area contributed by atoms with Crippen molar-refractivity contribution < 1.29 is 4.79 Å². The van der Waals surface area contributed by atoms with Crippen LogP contribution >= 0.6 is 11.6 Å². The molecular weight excluding hydrogens is 436 g/mol. The molecule has 2 aliphatic rings. The molecule has 0 spiro atoms. The maximum absolute atomic E-state index is 13.2. The number of aromatic nitrogens is 3. The first kappa shape index (κ1) is 22.2. The van der Waals surface area contributed by atoms with Crippen molar-refractivity contribution in [2.45, 2.75) is 51.1 Å². The van der Waals surface area contributed by atoms with Crippen LogP contribution in [0.4, 0.5) is 5.82 Å². The first-order valence-corrected chi connectivity index (χ1v) is 12.4. The summed E-state index contributed by atoms with van der Waals surface area (Å²) >= 11 is 6.44. The van der Waals surface area contributed by atoms with Crippen molar-refractivity contribution in [1.29, 1.82) is 0 Å². The van der Waals surface area contributed by atoms with E-state index >= 15 is 0 Å². The summed E-state index contributed by atoms with van der Waals surface area (Å²) in [4.78, 5) is 20.6. The highest BCUT2D eigenvalue weighted by Crippen LogP contribution is 2.25. The third kappa shape index (κ3) is 4.99. The Morgan fingerprint density at radius 1 is 1.06 bits per heavy atom. The van der Waals surface area contributed by atoms with Crippen molar-refractivity contribution in [3.8, 4) is 0 Å². The van der Waals surface area contributed by atoms with Crippen molar-refractivity contribution in [1.82, 2.24) is 25.4 Å². The number of pyridine rings is 1. The van der Waals surface area contributed by atoms with Gasteiger partial charge in [-0.1, -0.05) is 42.6 Å². The van der Waals surface area contributed by atoms with E-state index in [1.54, 1.807) is 0 Å². The predicted molar refractivity (Wildman–Crippen MR) is 132 cm³/mol. The van der Waals surface area contributed by atoms with E-state index in [2.05, 4.69) is 15.5 Å². The van der Waals surface area contributed by atoms with Gasteiger partial charge in [0.25, 0.3) is 5.91 Å². The highest BCUT2D eigenvalue weighted by Gasteiger charge is 2.23. The zero-order chi connectivity index (χ0) is 22.6. The van der Waals surface area contributed by atoms with Crippen LogP contribution in [0.2, 0.25) is 5.02 Å². The van der Waals surface area contributed by atoms with Crippen molar-refractivity contribution in [2.75, 3.05) is 31.1 Å². The quantitative estimate of drug-likeness (QED) is 0.594. The Labute approximate surface area is 199 Å². The van der Waals surface area contributed by atoms with Crippen LogP contribution in [0.25, 0.3) is 11.0 Å². The largest absolute Gasteiger partial charge is 0.357 e. The Kier molecular flexibility index (Phi) is 6.78. The molecule has 2 aliphatic heterocycles. The van der Waals surface area contributed by atoms with Crippen molar-refractivity contribution in [3.63, 3.8) is 0 Å². The van der Waals surface area contributed by atoms with Gasteiger partial charge >= 0.3 is 0 Å². The molecule has 2 aromatic heterocycles. The van der Waals surface area contributed by atoms with E-state index in [1.807, 2.05) is 41.1 Å². The average Bonchev–Trinajstić information content (AvgIpc) is 2.99. The number of nitrogens with one attached hydrogen (secondary N) is 2. The molecule has 1 amide bonds. The molecule has 33 heavy (non-hydrogen) atoms. The number of fused-ring (bicyclic) bond motifs is 1. The van der Waals surface area contributed by atoms with Gasteiger partial charge in [0.2, 0.25) is 0 Å². The van der Waals surface area contributed by atoms with Crippen LogP contribution in [0.5, 0.6) is 0 Å². The molecule has 1 aromatic carbocycles. The summed E-state index contributed by atoms with van der Waals surface area (Å²) in [5, 5.41) is 12.7. The van der Waals surface area contributed by atoms with E-state index in [9.17, 15) is 4.79 Å². The number of piperidine rings is 1. The fourth-order valence-electron chi connectivity index (χ4n) is 4.80. The molecule has 0 saturated carbocycles. The third-order valence-electron chi connectivity index (χ3n) is 6.68. The predicted octanol–water partition coefficient (Wildman–Crippen LogP) is 4.00. The molecule has 2 N–H and O–H groups in total. The highest BCUT2D eigenvalue weighted by atomic mass is 35.5. The van der Waals surface area contributed by atoms with E-state index in [0.717, 1.165) is 61.4 Å². The summed E-state index contributed by atoms with van der Waals surface area (Å²) in [6.07, 6.45) is 6.77. The number of hydrogen-bond donors (Lipinski definition) is 2. The Hall–Kier alpha value is -2.64. The van der Waals surface area contributed by atoms with Crippen LogP contribution in [0.3, 0.4) is 0 Å². The van der Waals surface area contributed by atoms with Crippen molar-refractivity contribution >= 4 is 34.4 Å². The molecule has 3 aromatic rings. The lowest BCUT2D eigenvalue weighted by Gasteiger charge is -2.23. The fraction of sp³-hybridized carbons (Fsp3) is 0.480. The Bertz CT molecular complexity index is 1120. The lowest BCUT2D eigenvalue weighted by Crippen LogP contribution is -2.42. The maximum atomic E-state index is 13.2. The third-order valence-corrected chi connectivity index (χ3v) is 7.05. The normalized spacial score (nSPS) is 17.8. The average molecular weight is 467 g/mol. The zero-order valence-electron chi connectivity index (χ0n) is 18.9. The maximum Gasteiger partial charge on any atom is 0.272 e. The molecule has 4 heterocycles. The summed E-state index contributed by atoms with van der Waals surface area (Å²) in [6.45, 7) is 4.34. The van der Waals surface area contributed by atoms with Gasteiger partial charge in [0, 0.05) is 24.2 Å². The zero-order valence-corrected chi connectivity index (χ0v) is 19.7. The van der Waals surface area contributed by atoms with Crippen LogP contribution in [0, 0.1) is 0 Å². The lowest BCUT2D eigenvalue weighted by molar-refractivity contribution is 0.0925. The summed E-state index contributed by atoms with van der Waals surface area (Å²) in [5.41, 5.74) is 2.12. The molecule has 2 saturated heterocycles. The number of carbonyl (C=O) groups excluding carboxylic acids is 1. The number of carbonyl (C=O) groups is 1. The van der Waals surface area contributed by atoms with Gasteiger partial charge in [0.05, 0.1) is 11.9 Å². The molecule has 8 heteroatoms. The monoisotopic (exact) mass is 466 g/mol. The Morgan fingerprint density at radius 3 is 2.58 bits per heavy atom. The van der Waals surface area contributed by atoms with Crippen molar-refractivity contribution in [3.05, 3.63) is 52.7 Å². The number of anilines is 1. The summed E-state index contributed by atoms with van der Waals surface area (Å²) in [7, 11) is 0. The van der Waals surface area contributed by atoms with E-state index in [1.165, 1.54) is 25.7 Å². The molecular formula is C25H31ClN6O. The van der Waals surface area contributed by atoms with Crippen LogP contribution in [-0.2, 0) is 6.54 Å².